The van der Waals surface area contributed by atoms with Crippen LogP contribution >= 0.6 is 0 Å². The average Bonchev–Trinajstić information content (AvgIpc) is 2.43. The number of hydrogen-bond acceptors (Lipinski definition) is 3. The first kappa shape index (κ1) is 15.7. The molecular weight excluding hydrogens is 282 g/mol. The van der Waals surface area contributed by atoms with Gasteiger partial charge in [0.1, 0.15) is 0 Å². The molecule has 0 saturated carbocycles. The molecule has 1 rings (SSSR count). The number of alkyl halides is 4. The second-order valence-corrected chi connectivity index (χ2v) is 3.81. The minimum Gasteiger partial charge on any atom is -0.409 e. The van der Waals surface area contributed by atoms with Crippen molar-refractivity contribution < 1.29 is 27.6 Å². The van der Waals surface area contributed by atoms with E-state index in [0.29, 0.717) is 0 Å². The number of hydrogen-bond donors (Lipinski definition) is 3. The molecule has 0 heterocycles. The molecule has 0 saturated heterocycles. The molecule has 4 N–H and O–H groups in total. The van der Waals surface area contributed by atoms with E-state index in [-0.39, 0.29) is 17.0 Å². The summed E-state index contributed by atoms with van der Waals surface area (Å²) in [7, 11) is 0. The van der Waals surface area contributed by atoms with Crippen LogP contribution in [-0.4, -0.2) is 35.8 Å². The third kappa shape index (κ3) is 3.84. The van der Waals surface area contributed by atoms with Crippen molar-refractivity contribution in [3.05, 3.63) is 35.4 Å². The Labute approximate surface area is 111 Å². The standard InChI is InChI=1S/C11H11F4N3O2/c12-10(13)11(14,15)5-17-9(19)7-3-1-2-6(4-7)8(16)18-20/h1-4,10,20H,5H2,(H2,16,18)(H,17,19). The molecule has 20 heavy (non-hydrogen) atoms. The molecule has 0 fully saturated rings. The summed E-state index contributed by atoms with van der Waals surface area (Å²) in [6.07, 6.45) is -3.87. The molecule has 5 nitrogen and oxygen atoms in total. The molecule has 1 amide bonds. The van der Waals surface area contributed by atoms with E-state index in [1.165, 1.54) is 24.3 Å². The Kier molecular flexibility index (Phi) is 4.89. The molecule has 110 valence electrons. The second kappa shape index (κ2) is 6.22. The number of nitrogens with zero attached hydrogens (tertiary/aromatic N) is 1. The van der Waals surface area contributed by atoms with Gasteiger partial charge in [-0.15, -0.1) is 0 Å². The number of carbonyl (C=O) groups is 1. The molecule has 1 aromatic rings. The second-order valence-electron chi connectivity index (χ2n) is 3.81. The van der Waals surface area contributed by atoms with Crippen LogP contribution in [-0.2, 0) is 0 Å². The summed E-state index contributed by atoms with van der Waals surface area (Å²) in [5, 5.41) is 12.9. The number of oxime groups is 1. The number of halogens is 4. The number of benzene rings is 1. The molecule has 0 spiro atoms. The maximum atomic E-state index is 12.6. The number of nitrogens with one attached hydrogen (secondary N) is 1. The van der Waals surface area contributed by atoms with Crippen LogP contribution in [0, 0.1) is 0 Å². The summed E-state index contributed by atoms with van der Waals surface area (Å²) in [5.41, 5.74) is 5.39. The van der Waals surface area contributed by atoms with E-state index >= 15 is 0 Å². The fraction of sp³-hybridized carbons (Fsp3) is 0.273. The lowest BCUT2D eigenvalue weighted by atomic mass is 10.1. The number of amidine groups is 1. The third-order valence-corrected chi connectivity index (χ3v) is 2.33. The van der Waals surface area contributed by atoms with Crippen LogP contribution in [0.2, 0.25) is 0 Å². The molecule has 0 aliphatic carbocycles. The summed E-state index contributed by atoms with van der Waals surface area (Å²) in [5.74, 6) is -5.56. The van der Waals surface area contributed by atoms with Gasteiger partial charge in [0.15, 0.2) is 5.84 Å². The Morgan fingerprint density at radius 1 is 1.40 bits per heavy atom. The third-order valence-electron chi connectivity index (χ3n) is 2.33. The minimum absolute atomic E-state index is 0.0841. The van der Waals surface area contributed by atoms with Crippen molar-refractivity contribution >= 4 is 11.7 Å². The van der Waals surface area contributed by atoms with Crippen molar-refractivity contribution in [3.63, 3.8) is 0 Å². The van der Waals surface area contributed by atoms with E-state index in [4.69, 9.17) is 10.9 Å². The molecule has 0 radical (unpaired) electrons. The van der Waals surface area contributed by atoms with Gasteiger partial charge in [-0.1, -0.05) is 17.3 Å². The maximum Gasteiger partial charge on any atom is 0.324 e. The zero-order valence-corrected chi connectivity index (χ0v) is 9.99. The molecule has 9 heteroatoms. The van der Waals surface area contributed by atoms with Gasteiger partial charge in [-0.3, -0.25) is 4.79 Å². The fourth-order valence-corrected chi connectivity index (χ4v) is 1.25. The fourth-order valence-electron chi connectivity index (χ4n) is 1.25. The van der Waals surface area contributed by atoms with Crippen LogP contribution < -0.4 is 11.1 Å². The number of nitrogens with two attached hydrogens (primary N) is 1. The topological polar surface area (TPSA) is 87.7 Å². The number of carbonyl (C=O) groups excluding carboxylic acids is 1. The summed E-state index contributed by atoms with van der Waals surface area (Å²) in [4.78, 5) is 11.5. The van der Waals surface area contributed by atoms with E-state index in [1.807, 2.05) is 0 Å². The molecular formula is C11H11F4N3O2. The number of amides is 1. The Balaban J connectivity index is 2.79. The average molecular weight is 293 g/mol. The predicted molar refractivity (Wildman–Crippen MR) is 62.2 cm³/mol. The van der Waals surface area contributed by atoms with Crippen molar-refractivity contribution in [2.24, 2.45) is 10.9 Å². The van der Waals surface area contributed by atoms with Crippen LogP contribution in [0.15, 0.2) is 29.4 Å². The normalized spacial score (nSPS) is 12.6. The van der Waals surface area contributed by atoms with Gasteiger partial charge in [0.05, 0.1) is 6.54 Å². The summed E-state index contributed by atoms with van der Waals surface area (Å²) in [6.45, 7) is -1.49. The van der Waals surface area contributed by atoms with Gasteiger partial charge in [-0.25, -0.2) is 8.78 Å². The Morgan fingerprint density at radius 3 is 2.55 bits per heavy atom. The molecule has 0 bridgehead atoms. The van der Waals surface area contributed by atoms with Crippen LogP contribution in [0.25, 0.3) is 0 Å². The van der Waals surface area contributed by atoms with Gasteiger partial charge in [0, 0.05) is 11.1 Å². The molecule has 0 aliphatic rings. The Bertz CT molecular complexity index is 520. The molecule has 1 aromatic carbocycles. The van der Waals surface area contributed by atoms with E-state index in [2.05, 4.69) is 5.16 Å². The van der Waals surface area contributed by atoms with Crippen molar-refractivity contribution in [2.45, 2.75) is 12.3 Å². The van der Waals surface area contributed by atoms with Crippen LogP contribution in [0.4, 0.5) is 17.6 Å². The lowest BCUT2D eigenvalue weighted by molar-refractivity contribution is -0.123. The largest absolute Gasteiger partial charge is 0.409 e. The van der Waals surface area contributed by atoms with Crippen molar-refractivity contribution in [2.75, 3.05) is 6.54 Å². The van der Waals surface area contributed by atoms with Crippen molar-refractivity contribution in [1.82, 2.24) is 5.32 Å². The van der Waals surface area contributed by atoms with Crippen molar-refractivity contribution in [1.29, 1.82) is 0 Å². The smallest absolute Gasteiger partial charge is 0.324 e. The Morgan fingerprint density at radius 2 is 2.00 bits per heavy atom. The van der Waals surface area contributed by atoms with Crippen molar-refractivity contribution in [3.8, 4) is 0 Å². The van der Waals surface area contributed by atoms with Gasteiger partial charge in [0.25, 0.3) is 5.91 Å². The van der Waals surface area contributed by atoms with E-state index in [0.717, 1.165) is 0 Å². The van der Waals surface area contributed by atoms with Crippen LogP contribution in [0.5, 0.6) is 0 Å². The van der Waals surface area contributed by atoms with Gasteiger partial charge in [-0.05, 0) is 12.1 Å². The lowest BCUT2D eigenvalue weighted by Crippen LogP contribution is -2.41. The maximum absolute atomic E-state index is 12.6. The SMILES string of the molecule is N/C(=N/O)c1cccc(C(=O)NCC(F)(F)C(F)F)c1. The molecule has 0 atom stereocenters. The van der Waals surface area contributed by atoms with E-state index in [1.54, 1.807) is 5.32 Å². The monoisotopic (exact) mass is 293 g/mol. The lowest BCUT2D eigenvalue weighted by Gasteiger charge is -2.15. The highest BCUT2D eigenvalue weighted by Crippen LogP contribution is 2.21. The van der Waals surface area contributed by atoms with Gasteiger partial charge >= 0.3 is 12.3 Å². The van der Waals surface area contributed by atoms with Crippen LogP contribution in [0.3, 0.4) is 0 Å². The quantitative estimate of drug-likeness (QED) is 0.252. The highest BCUT2D eigenvalue weighted by Gasteiger charge is 2.40. The molecule has 0 unspecified atom stereocenters. The van der Waals surface area contributed by atoms with Gasteiger partial charge in [-0.2, -0.15) is 8.78 Å². The first-order valence-corrected chi connectivity index (χ1v) is 5.30. The van der Waals surface area contributed by atoms with E-state index < -0.39 is 24.8 Å². The summed E-state index contributed by atoms with van der Waals surface area (Å²) >= 11 is 0. The van der Waals surface area contributed by atoms with Crippen LogP contribution in [0.1, 0.15) is 15.9 Å². The zero-order valence-electron chi connectivity index (χ0n) is 9.99. The highest BCUT2D eigenvalue weighted by atomic mass is 19.3. The predicted octanol–water partition coefficient (Wildman–Crippen LogP) is 1.41. The highest BCUT2D eigenvalue weighted by molar-refractivity contribution is 6.01. The molecule has 0 aromatic heterocycles. The Hall–Kier alpha value is -2.32. The zero-order chi connectivity index (χ0) is 15.3. The summed E-state index contributed by atoms with van der Waals surface area (Å²) < 4.78 is 49.1. The minimum atomic E-state index is -4.31. The summed E-state index contributed by atoms with van der Waals surface area (Å²) in [6, 6.07) is 5.22. The van der Waals surface area contributed by atoms with Gasteiger partial charge < -0.3 is 16.3 Å². The van der Waals surface area contributed by atoms with Gasteiger partial charge in [0.2, 0.25) is 0 Å². The van der Waals surface area contributed by atoms with E-state index in [9.17, 15) is 22.4 Å². The first-order chi connectivity index (χ1) is 9.27. The number of rotatable bonds is 5. The molecule has 0 aliphatic heterocycles. The first-order valence-electron chi connectivity index (χ1n) is 5.30.